The summed E-state index contributed by atoms with van der Waals surface area (Å²) in [7, 11) is 0. The highest BCUT2D eigenvalue weighted by Crippen LogP contribution is 2.40. The van der Waals surface area contributed by atoms with Crippen LogP contribution < -0.4 is 0 Å². The minimum atomic E-state index is 0.769. The summed E-state index contributed by atoms with van der Waals surface area (Å²) in [6, 6.07) is 25.0. The molecule has 0 spiro atoms. The Morgan fingerprint density at radius 2 is 1.39 bits per heavy atom. The van der Waals surface area contributed by atoms with E-state index in [0.29, 0.717) is 0 Å². The first-order valence-corrected chi connectivity index (χ1v) is 8.04. The highest BCUT2D eigenvalue weighted by molar-refractivity contribution is 6.31. The van der Waals surface area contributed by atoms with E-state index in [4.69, 9.17) is 11.6 Å². The third-order valence-corrected chi connectivity index (χ3v) is 4.41. The molecule has 4 aromatic rings. The predicted molar refractivity (Wildman–Crippen MR) is 98.9 cm³/mol. The summed E-state index contributed by atoms with van der Waals surface area (Å²) in [6.07, 6.45) is 0. The molecule has 0 amide bonds. The van der Waals surface area contributed by atoms with Crippen LogP contribution in [-0.4, -0.2) is 4.98 Å². The number of benzene rings is 3. The van der Waals surface area contributed by atoms with Crippen LogP contribution in [0.4, 0.5) is 0 Å². The van der Waals surface area contributed by atoms with Crippen LogP contribution in [0.1, 0.15) is 5.56 Å². The molecule has 0 bridgehead atoms. The lowest BCUT2D eigenvalue weighted by Gasteiger charge is -2.06. The first-order valence-electron chi connectivity index (χ1n) is 7.67. The number of nitrogens with one attached hydrogen (secondary N) is 1. The van der Waals surface area contributed by atoms with Crippen LogP contribution >= 0.6 is 11.6 Å². The molecule has 2 heteroatoms. The predicted octanol–water partition coefficient (Wildman–Crippen LogP) is 6.46. The topological polar surface area (TPSA) is 15.8 Å². The molecule has 0 radical (unpaired) electrons. The van der Waals surface area contributed by atoms with Gasteiger partial charge in [0.2, 0.25) is 0 Å². The zero-order chi connectivity index (χ0) is 15.8. The Bertz CT molecular complexity index is 969. The van der Waals surface area contributed by atoms with Gasteiger partial charge in [-0.2, -0.15) is 0 Å². The van der Waals surface area contributed by atoms with Gasteiger partial charge in [0.15, 0.2) is 0 Å². The van der Waals surface area contributed by atoms with E-state index in [1.165, 1.54) is 22.1 Å². The van der Waals surface area contributed by atoms with Crippen LogP contribution in [-0.2, 0) is 0 Å². The van der Waals surface area contributed by atoms with E-state index in [0.717, 1.165) is 21.8 Å². The van der Waals surface area contributed by atoms with Crippen LogP contribution in [0.5, 0.6) is 0 Å². The maximum Gasteiger partial charge on any atom is 0.0544 e. The molecule has 1 heterocycles. The molecule has 0 saturated carbocycles. The lowest BCUT2D eigenvalue weighted by molar-refractivity contribution is 1.41. The lowest BCUT2D eigenvalue weighted by atomic mass is 9.98. The number of hydrogen-bond acceptors (Lipinski definition) is 0. The molecule has 1 N–H and O–H groups in total. The van der Waals surface area contributed by atoms with Crippen molar-refractivity contribution < 1.29 is 0 Å². The van der Waals surface area contributed by atoms with Crippen molar-refractivity contribution in [2.75, 3.05) is 0 Å². The largest absolute Gasteiger partial charge is 0.354 e. The summed E-state index contributed by atoms with van der Waals surface area (Å²) >= 11 is 6.32. The Balaban J connectivity index is 2.12. The normalized spacial score (nSPS) is 11.0. The highest BCUT2D eigenvalue weighted by atomic mass is 35.5. The maximum absolute atomic E-state index is 6.32. The Morgan fingerprint density at radius 3 is 2.04 bits per heavy atom. The molecule has 0 atom stereocenters. The molecule has 0 saturated heterocycles. The minimum absolute atomic E-state index is 0.769. The summed E-state index contributed by atoms with van der Waals surface area (Å²) in [5.41, 5.74) is 7.02. The summed E-state index contributed by atoms with van der Waals surface area (Å²) in [6.45, 7) is 2.09. The first kappa shape index (κ1) is 14.1. The zero-order valence-corrected chi connectivity index (χ0v) is 13.6. The number of aromatic nitrogens is 1. The summed E-state index contributed by atoms with van der Waals surface area (Å²) < 4.78 is 0. The number of halogens is 1. The molecule has 0 fully saturated rings. The Morgan fingerprint density at radius 1 is 0.783 bits per heavy atom. The third kappa shape index (κ3) is 2.43. The molecule has 1 aromatic heterocycles. The van der Waals surface area contributed by atoms with Crippen molar-refractivity contribution in [2.45, 2.75) is 6.92 Å². The van der Waals surface area contributed by atoms with E-state index in [1.807, 2.05) is 18.2 Å². The quantitative estimate of drug-likeness (QED) is 0.436. The van der Waals surface area contributed by atoms with Crippen molar-refractivity contribution in [1.29, 1.82) is 0 Å². The molecule has 0 aliphatic rings. The third-order valence-electron chi connectivity index (χ3n) is 4.19. The Hall–Kier alpha value is -2.51. The Kier molecular flexibility index (Phi) is 3.44. The van der Waals surface area contributed by atoms with Crippen molar-refractivity contribution >= 4 is 22.5 Å². The van der Waals surface area contributed by atoms with Gasteiger partial charge >= 0.3 is 0 Å². The second-order valence-electron chi connectivity index (χ2n) is 5.75. The molecule has 0 aliphatic carbocycles. The van der Waals surface area contributed by atoms with E-state index >= 15 is 0 Å². The minimum Gasteiger partial charge on any atom is -0.354 e. The van der Waals surface area contributed by atoms with Gasteiger partial charge in [-0.1, -0.05) is 72.3 Å². The van der Waals surface area contributed by atoms with Gasteiger partial charge in [-0.25, -0.2) is 0 Å². The number of rotatable bonds is 2. The van der Waals surface area contributed by atoms with Crippen molar-refractivity contribution in [1.82, 2.24) is 4.98 Å². The monoisotopic (exact) mass is 317 g/mol. The fourth-order valence-corrected chi connectivity index (χ4v) is 3.43. The SMILES string of the molecule is Cc1cc(Cl)cc2c(-c3ccccc3)c(-c3ccccc3)[nH]c12. The smallest absolute Gasteiger partial charge is 0.0544 e. The van der Waals surface area contributed by atoms with E-state index in [1.54, 1.807) is 0 Å². The number of hydrogen-bond donors (Lipinski definition) is 1. The summed E-state index contributed by atoms with van der Waals surface area (Å²) in [4.78, 5) is 3.62. The second-order valence-corrected chi connectivity index (χ2v) is 6.19. The maximum atomic E-state index is 6.32. The van der Waals surface area contributed by atoms with Crippen LogP contribution in [0.25, 0.3) is 33.3 Å². The highest BCUT2D eigenvalue weighted by Gasteiger charge is 2.16. The first-order chi connectivity index (χ1) is 11.2. The van der Waals surface area contributed by atoms with Crippen molar-refractivity contribution in [3.05, 3.63) is 83.4 Å². The van der Waals surface area contributed by atoms with Gasteiger partial charge in [0.1, 0.15) is 0 Å². The zero-order valence-electron chi connectivity index (χ0n) is 12.8. The number of aryl methyl sites for hydroxylation is 1. The van der Waals surface area contributed by atoms with Crippen molar-refractivity contribution in [2.24, 2.45) is 0 Å². The summed E-state index contributed by atoms with van der Waals surface area (Å²) in [5, 5.41) is 1.94. The molecule has 0 aliphatic heterocycles. The van der Waals surface area contributed by atoms with Gasteiger partial charge in [0.05, 0.1) is 5.69 Å². The second kappa shape index (κ2) is 5.60. The van der Waals surface area contributed by atoms with E-state index in [2.05, 4.69) is 66.5 Å². The van der Waals surface area contributed by atoms with Crippen molar-refractivity contribution in [3.63, 3.8) is 0 Å². The number of fused-ring (bicyclic) bond motifs is 1. The van der Waals surface area contributed by atoms with Gasteiger partial charge in [-0.15, -0.1) is 0 Å². The average Bonchev–Trinajstić information content (AvgIpc) is 2.96. The molecule has 1 nitrogen and oxygen atoms in total. The fourth-order valence-electron chi connectivity index (χ4n) is 3.15. The van der Waals surface area contributed by atoms with Gasteiger partial charge in [-0.3, -0.25) is 0 Å². The van der Waals surface area contributed by atoms with Crippen LogP contribution in [0.2, 0.25) is 5.02 Å². The number of H-pyrrole nitrogens is 1. The van der Waals surface area contributed by atoms with Crippen LogP contribution in [0.3, 0.4) is 0 Å². The van der Waals surface area contributed by atoms with Gasteiger partial charge < -0.3 is 4.98 Å². The van der Waals surface area contributed by atoms with E-state index < -0.39 is 0 Å². The standard InChI is InChI=1S/C21H16ClN/c1-14-12-17(22)13-18-19(15-8-4-2-5-9-15)21(23-20(14)18)16-10-6-3-7-11-16/h2-13,23H,1H3. The molecular weight excluding hydrogens is 302 g/mol. The van der Waals surface area contributed by atoms with E-state index in [-0.39, 0.29) is 0 Å². The van der Waals surface area contributed by atoms with E-state index in [9.17, 15) is 0 Å². The van der Waals surface area contributed by atoms with Gasteiger partial charge in [-0.05, 0) is 35.7 Å². The van der Waals surface area contributed by atoms with Crippen LogP contribution in [0, 0.1) is 6.92 Å². The van der Waals surface area contributed by atoms with Gasteiger partial charge in [0.25, 0.3) is 0 Å². The molecule has 112 valence electrons. The fraction of sp³-hybridized carbons (Fsp3) is 0.0476. The lowest BCUT2D eigenvalue weighted by Crippen LogP contribution is -1.82. The van der Waals surface area contributed by atoms with Crippen LogP contribution in [0.15, 0.2) is 72.8 Å². The molecule has 3 aromatic carbocycles. The Labute approximate surface area is 140 Å². The van der Waals surface area contributed by atoms with Crippen molar-refractivity contribution in [3.8, 4) is 22.4 Å². The summed E-state index contributed by atoms with van der Waals surface area (Å²) in [5.74, 6) is 0. The molecule has 23 heavy (non-hydrogen) atoms. The number of aromatic amines is 1. The van der Waals surface area contributed by atoms with Gasteiger partial charge in [0, 0.05) is 21.5 Å². The molecular formula is C21H16ClN. The molecule has 4 rings (SSSR count). The average molecular weight is 318 g/mol. The molecule has 0 unspecified atom stereocenters.